The number of carbonyl (C=O) groups is 1. The molecule has 0 aromatic carbocycles. The fraction of sp³-hybridized carbons (Fsp3) is 0.889. The van der Waals surface area contributed by atoms with Gasteiger partial charge in [-0.15, -0.1) is 0 Å². The zero-order chi connectivity index (χ0) is 8.97. The molecule has 3 N–H and O–H groups in total. The van der Waals surface area contributed by atoms with Gasteiger partial charge >= 0.3 is 0 Å². The van der Waals surface area contributed by atoms with Crippen molar-refractivity contribution in [3.63, 3.8) is 0 Å². The molecule has 0 aliphatic heterocycles. The smallest absolute Gasteiger partial charge is 0.217 e. The van der Waals surface area contributed by atoms with E-state index in [1.807, 2.05) is 7.05 Å². The molecule has 3 nitrogen and oxygen atoms in total. The molecule has 1 rings (SSSR count). The lowest BCUT2D eigenvalue weighted by Crippen LogP contribution is -2.31. The number of hydrogen-bond acceptors (Lipinski definition) is 2. The van der Waals surface area contributed by atoms with Gasteiger partial charge in [-0.05, 0) is 38.6 Å². The first-order valence-corrected chi connectivity index (χ1v) is 4.68. The first-order valence-electron chi connectivity index (χ1n) is 4.68. The second-order valence-corrected chi connectivity index (χ2v) is 3.68. The number of nitrogens with one attached hydrogen (secondary N) is 1. The average Bonchev–Trinajstić information content (AvgIpc) is 2.05. The molecular formula is C9H18N2O. The van der Waals surface area contributed by atoms with Crippen LogP contribution in [0.15, 0.2) is 0 Å². The minimum absolute atomic E-state index is 0.150. The first kappa shape index (κ1) is 9.52. The molecule has 0 aromatic rings. The van der Waals surface area contributed by atoms with Crippen molar-refractivity contribution >= 4 is 5.91 Å². The summed E-state index contributed by atoms with van der Waals surface area (Å²) in [6.07, 6.45) is 5.25. The van der Waals surface area contributed by atoms with Crippen LogP contribution in [0.25, 0.3) is 0 Å². The Kier molecular flexibility index (Phi) is 3.53. The maximum atomic E-state index is 10.6. The fourth-order valence-corrected chi connectivity index (χ4v) is 1.94. The van der Waals surface area contributed by atoms with Crippen molar-refractivity contribution in [2.75, 3.05) is 7.05 Å². The molecule has 0 heterocycles. The van der Waals surface area contributed by atoms with Crippen LogP contribution in [0.2, 0.25) is 0 Å². The van der Waals surface area contributed by atoms with Crippen LogP contribution in [0.1, 0.15) is 32.1 Å². The van der Waals surface area contributed by atoms with Crippen LogP contribution >= 0.6 is 0 Å². The highest BCUT2D eigenvalue weighted by atomic mass is 16.1. The predicted molar refractivity (Wildman–Crippen MR) is 48.6 cm³/mol. The number of nitrogens with two attached hydrogens (primary N) is 1. The summed E-state index contributed by atoms with van der Waals surface area (Å²) in [6, 6.07) is 0.661. The quantitative estimate of drug-likeness (QED) is 0.653. The molecule has 1 aliphatic rings. The normalized spacial score (nSPS) is 30.1. The fourth-order valence-electron chi connectivity index (χ4n) is 1.94. The standard InChI is InChI=1S/C9H18N2O/c1-11-8-4-2-7(3-5-8)6-9(10)12/h7-8,11H,2-6H2,1H3,(H2,10,12). The Morgan fingerprint density at radius 1 is 1.42 bits per heavy atom. The van der Waals surface area contributed by atoms with Gasteiger partial charge in [-0.1, -0.05) is 0 Å². The SMILES string of the molecule is CNC1CCC(CC(N)=O)CC1. The lowest BCUT2D eigenvalue weighted by molar-refractivity contribution is -0.119. The minimum atomic E-state index is -0.150. The van der Waals surface area contributed by atoms with Crippen molar-refractivity contribution in [3.8, 4) is 0 Å². The van der Waals surface area contributed by atoms with Crippen molar-refractivity contribution in [2.24, 2.45) is 11.7 Å². The van der Waals surface area contributed by atoms with Gasteiger partial charge in [0.2, 0.25) is 5.91 Å². The van der Waals surface area contributed by atoms with E-state index >= 15 is 0 Å². The Bertz CT molecular complexity index is 151. The van der Waals surface area contributed by atoms with Crippen molar-refractivity contribution < 1.29 is 4.79 Å². The Balaban J connectivity index is 2.21. The van der Waals surface area contributed by atoms with Crippen LogP contribution in [0.5, 0.6) is 0 Å². The van der Waals surface area contributed by atoms with Crippen LogP contribution in [-0.4, -0.2) is 19.0 Å². The molecule has 1 fully saturated rings. The predicted octanol–water partition coefficient (Wildman–Crippen LogP) is 0.640. The topological polar surface area (TPSA) is 55.1 Å². The Labute approximate surface area is 73.7 Å². The maximum absolute atomic E-state index is 10.6. The van der Waals surface area contributed by atoms with Gasteiger partial charge in [0.25, 0.3) is 0 Å². The summed E-state index contributed by atoms with van der Waals surface area (Å²) in [5.41, 5.74) is 5.14. The van der Waals surface area contributed by atoms with E-state index in [0.717, 1.165) is 12.8 Å². The molecule has 1 amide bonds. The summed E-state index contributed by atoms with van der Waals surface area (Å²) in [4.78, 5) is 10.6. The molecule has 3 heteroatoms. The number of hydrogen-bond donors (Lipinski definition) is 2. The average molecular weight is 170 g/mol. The van der Waals surface area contributed by atoms with E-state index in [2.05, 4.69) is 5.32 Å². The van der Waals surface area contributed by atoms with Gasteiger partial charge in [-0.3, -0.25) is 4.79 Å². The molecule has 0 saturated heterocycles. The number of amides is 1. The number of carbonyl (C=O) groups excluding carboxylic acids is 1. The van der Waals surface area contributed by atoms with Gasteiger partial charge in [0.05, 0.1) is 0 Å². The molecule has 1 saturated carbocycles. The van der Waals surface area contributed by atoms with Gasteiger partial charge in [0, 0.05) is 12.5 Å². The lowest BCUT2D eigenvalue weighted by atomic mass is 9.84. The zero-order valence-corrected chi connectivity index (χ0v) is 7.68. The van der Waals surface area contributed by atoms with Crippen LogP contribution < -0.4 is 11.1 Å². The van der Waals surface area contributed by atoms with E-state index in [0.29, 0.717) is 18.4 Å². The third-order valence-electron chi connectivity index (χ3n) is 2.74. The molecule has 0 bridgehead atoms. The summed E-state index contributed by atoms with van der Waals surface area (Å²) < 4.78 is 0. The molecule has 1 aliphatic carbocycles. The summed E-state index contributed by atoms with van der Waals surface area (Å²) in [7, 11) is 2.00. The minimum Gasteiger partial charge on any atom is -0.370 e. The number of rotatable bonds is 3. The van der Waals surface area contributed by atoms with Crippen molar-refractivity contribution in [1.29, 1.82) is 0 Å². The highest BCUT2D eigenvalue weighted by molar-refractivity contribution is 5.73. The molecule has 0 atom stereocenters. The lowest BCUT2D eigenvalue weighted by Gasteiger charge is -2.27. The molecule has 0 spiro atoms. The third kappa shape index (κ3) is 2.81. The van der Waals surface area contributed by atoms with Gasteiger partial charge < -0.3 is 11.1 Å². The number of primary amides is 1. The van der Waals surface area contributed by atoms with Crippen LogP contribution in [-0.2, 0) is 4.79 Å². The van der Waals surface area contributed by atoms with Gasteiger partial charge in [0.1, 0.15) is 0 Å². The Morgan fingerprint density at radius 3 is 2.42 bits per heavy atom. The van der Waals surface area contributed by atoms with E-state index < -0.39 is 0 Å². The summed E-state index contributed by atoms with van der Waals surface area (Å²) in [5, 5.41) is 3.26. The van der Waals surface area contributed by atoms with E-state index in [4.69, 9.17) is 5.73 Å². The van der Waals surface area contributed by atoms with Gasteiger partial charge in [-0.25, -0.2) is 0 Å². The molecule has 0 unspecified atom stereocenters. The highest BCUT2D eigenvalue weighted by Gasteiger charge is 2.20. The monoisotopic (exact) mass is 170 g/mol. The second-order valence-electron chi connectivity index (χ2n) is 3.68. The molecular weight excluding hydrogens is 152 g/mol. The van der Waals surface area contributed by atoms with Crippen molar-refractivity contribution in [2.45, 2.75) is 38.1 Å². The third-order valence-corrected chi connectivity index (χ3v) is 2.74. The Morgan fingerprint density at radius 2 is 2.00 bits per heavy atom. The summed E-state index contributed by atoms with van der Waals surface area (Å²) in [5.74, 6) is 0.398. The largest absolute Gasteiger partial charge is 0.370 e. The molecule has 12 heavy (non-hydrogen) atoms. The van der Waals surface area contributed by atoms with E-state index in [1.54, 1.807) is 0 Å². The molecule has 0 radical (unpaired) electrons. The summed E-state index contributed by atoms with van der Waals surface area (Å²) in [6.45, 7) is 0. The van der Waals surface area contributed by atoms with Gasteiger partial charge in [-0.2, -0.15) is 0 Å². The molecule has 0 aromatic heterocycles. The van der Waals surface area contributed by atoms with Gasteiger partial charge in [0.15, 0.2) is 0 Å². The van der Waals surface area contributed by atoms with E-state index in [9.17, 15) is 4.79 Å². The second kappa shape index (κ2) is 4.45. The van der Waals surface area contributed by atoms with Crippen molar-refractivity contribution in [3.05, 3.63) is 0 Å². The summed E-state index contributed by atoms with van der Waals surface area (Å²) >= 11 is 0. The van der Waals surface area contributed by atoms with Crippen molar-refractivity contribution in [1.82, 2.24) is 5.32 Å². The molecule has 70 valence electrons. The zero-order valence-electron chi connectivity index (χ0n) is 7.68. The van der Waals surface area contributed by atoms with E-state index in [-0.39, 0.29) is 5.91 Å². The highest BCUT2D eigenvalue weighted by Crippen LogP contribution is 2.26. The maximum Gasteiger partial charge on any atom is 0.217 e. The Hall–Kier alpha value is -0.570. The van der Waals surface area contributed by atoms with E-state index in [1.165, 1.54) is 12.8 Å². The first-order chi connectivity index (χ1) is 5.72. The van der Waals surface area contributed by atoms with Crippen LogP contribution in [0, 0.1) is 5.92 Å². The van der Waals surface area contributed by atoms with Crippen LogP contribution in [0.3, 0.4) is 0 Å². The van der Waals surface area contributed by atoms with Crippen LogP contribution in [0.4, 0.5) is 0 Å².